The number of esters is 1. The summed E-state index contributed by atoms with van der Waals surface area (Å²) in [6.45, 7) is 9.67. The number of carbonyl (C=O) groups is 1. The number of halogens is 1. The lowest BCUT2D eigenvalue weighted by atomic mass is 9.87. The van der Waals surface area contributed by atoms with Crippen LogP contribution in [-0.2, 0) is 14.3 Å². The molecule has 0 aromatic heterocycles. The van der Waals surface area contributed by atoms with Crippen LogP contribution in [0.1, 0.15) is 31.9 Å². The highest BCUT2D eigenvalue weighted by molar-refractivity contribution is 8.01. The van der Waals surface area contributed by atoms with Gasteiger partial charge in [-0.15, -0.1) is 11.8 Å². The molecule has 29 heavy (non-hydrogen) atoms. The van der Waals surface area contributed by atoms with E-state index in [0.717, 1.165) is 52.5 Å². The van der Waals surface area contributed by atoms with Gasteiger partial charge in [-0.3, -0.25) is 0 Å². The second kappa shape index (κ2) is 10.2. The van der Waals surface area contributed by atoms with Gasteiger partial charge in [-0.2, -0.15) is 0 Å². The van der Waals surface area contributed by atoms with Crippen molar-refractivity contribution in [1.29, 1.82) is 0 Å². The third-order valence-corrected chi connectivity index (χ3v) is 7.12. The fraction of sp³-hybridized carbons (Fsp3) is 0.435. The quantitative estimate of drug-likeness (QED) is 0.298. The van der Waals surface area contributed by atoms with Crippen molar-refractivity contribution in [2.75, 3.05) is 39.0 Å². The SMILES string of the molecule is CCSC1(C(=O)OCC[N+](C)(CC)CC)c2ccccc2Oc2ccccc21.[I-]. The van der Waals surface area contributed by atoms with Gasteiger partial charge in [-0.05, 0) is 31.7 Å². The van der Waals surface area contributed by atoms with Crippen molar-refractivity contribution < 1.29 is 42.7 Å². The number of nitrogens with zero attached hydrogens (tertiary/aromatic N) is 1. The zero-order chi connectivity index (χ0) is 20.2. The van der Waals surface area contributed by atoms with Gasteiger partial charge in [-0.1, -0.05) is 43.3 Å². The number of carbonyl (C=O) groups excluding carboxylic acids is 1. The number of para-hydroxylation sites is 2. The molecule has 0 amide bonds. The third kappa shape index (κ3) is 4.59. The molecule has 1 aliphatic heterocycles. The first kappa shape index (κ1) is 24.0. The Morgan fingerprint density at radius 3 is 2.00 bits per heavy atom. The molecule has 6 heteroatoms. The number of hydrogen-bond acceptors (Lipinski definition) is 4. The Hall–Kier alpha value is -1.25. The minimum absolute atomic E-state index is 0. The standard InChI is InChI=1S/C23H30NO3S.HI/c1-5-24(4,6-2)16-17-26-22(25)23(28-7-3)18-12-8-10-14-20(18)27-21-15-11-9-13-19(21)23;/h8-15H,5-7,16-17H2,1-4H3;1H/q+1;/p-1. The molecule has 2 aromatic rings. The molecule has 0 saturated heterocycles. The van der Waals surface area contributed by atoms with E-state index >= 15 is 0 Å². The molecule has 158 valence electrons. The molecule has 0 aliphatic carbocycles. The largest absolute Gasteiger partial charge is 1.00 e. The fourth-order valence-corrected chi connectivity index (χ4v) is 4.87. The van der Waals surface area contributed by atoms with E-state index in [0.29, 0.717) is 6.61 Å². The van der Waals surface area contributed by atoms with Crippen LogP contribution in [0, 0.1) is 0 Å². The van der Waals surface area contributed by atoms with E-state index in [1.54, 1.807) is 11.8 Å². The van der Waals surface area contributed by atoms with E-state index in [2.05, 4.69) is 27.8 Å². The van der Waals surface area contributed by atoms with E-state index in [-0.39, 0.29) is 29.9 Å². The number of rotatable bonds is 8. The summed E-state index contributed by atoms with van der Waals surface area (Å²) in [6, 6.07) is 15.6. The van der Waals surface area contributed by atoms with Crippen LogP contribution in [0.25, 0.3) is 0 Å². The number of hydrogen-bond donors (Lipinski definition) is 0. The molecule has 1 heterocycles. The highest BCUT2D eigenvalue weighted by Crippen LogP contribution is 2.54. The van der Waals surface area contributed by atoms with Crippen molar-refractivity contribution >= 4 is 17.7 Å². The number of likely N-dealkylation sites (N-methyl/N-ethyl adjacent to an activating group) is 1. The second-order valence-electron chi connectivity index (χ2n) is 7.32. The summed E-state index contributed by atoms with van der Waals surface area (Å²) in [7, 11) is 2.20. The van der Waals surface area contributed by atoms with Gasteiger partial charge >= 0.3 is 5.97 Å². The van der Waals surface area contributed by atoms with E-state index in [1.807, 2.05) is 48.5 Å². The lowest BCUT2D eigenvalue weighted by Crippen LogP contribution is -3.00. The van der Waals surface area contributed by atoms with E-state index in [4.69, 9.17) is 9.47 Å². The summed E-state index contributed by atoms with van der Waals surface area (Å²) in [5.74, 6) is 2.03. The van der Waals surface area contributed by atoms with Crippen LogP contribution in [0.3, 0.4) is 0 Å². The van der Waals surface area contributed by atoms with Crippen LogP contribution >= 0.6 is 11.8 Å². The molecule has 0 bridgehead atoms. The zero-order valence-corrected chi connectivity index (χ0v) is 20.6. The van der Waals surface area contributed by atoms with Crippen LogP contribution in [0.4, 0.5) is 0 Å². The van der Waals surface area contributed by atoms with Gasteiger partial charge in [0.1, 0.15) is 24.7 Å². The monoisotopic (exact) mass is 527 g/mol. The lowest BCUT2D eigenvalue weighted by molar-refractivity contribution is -0.906. The molecule has 0 saturated carbocycles. The van der Waals surface area contributed by atoms with Gasteiger partial charge in [0.15, 0.2) is 4.75 Å². The minimum Gasteiger partial charge on any atom is -1.00 e. The molecule has 0 radical (unpaired) electrons. The highest BCUT2D eigenvalue weighted by Gasteiger charge is 2.50. The predicted octanol–water partition coefficient (Wildman–Crippen LogP) is 1.82. The maximum absolute atomic E-state index is 13.6. The number of thioether (sulfide) groups is 1. The maximum atomic E-state index is 13.6. The second-order valence-corrected chi connectivity index (χ2v) is 8.80. The first-order chi connectivity index (χ1) is 13.5. The molecule has 0 spiro atoms. The van der Waals surface area contributed by atoms with Crippen molar-refractivity contribution in [3.8, 4) is 11.5 Å². The molecular weight excluding hydrogens is 497 g/mol. The van der Waals surface area contributed by atoms with Crippen molar-refractivity contribution in [1.82, 2.24) is 0 Å². The summed E-state index contributed by atoms with van der Waals surface area (Å²) < 4.78 is 12.0. The topological polar surface area (TPSA) is 35.5 Å². The molecule has 0 atom stereocenters. The zero-order valence-electron chi connectivity index (χ0n) is 17.6. The Balaban J connectivity index is 0.00000300. The smallest absolute Gasteiger partial charge is 0.331 e. The van der Waals surface area contributed by atoms with Crippen molar-refractivity contribution in [3.05, 3.63) is 59.7 Å². The van der Waals surface area contributed by atoms with Gasteiger partial charge < -0.3 is 37.9 Å². The normalized spacial score (nSPS) is 14.1. The van der Waals surface area contributed by atoms with Crippen molar-refractivity contribution in [2.24, 2.45) is 0 Å². The number of fused-ring (bicyclic) bond motifs is 2. The van der Waals surface area contributed by atoms with Crippen LogP contribution in [0.2, 0.25) is 0 Å². The molecular formula is C23H30INO3S. The first-order valence-corrected chi connectivity index (χ1v) is 11.0. The van der Waals surface area contributed by atoms with Gasteiger partial charge in [-0.25, -0.2) is 4.79 Å². The molecule has 4 nitrogen and oxygen atoms in total. The van der Waals surface area contributed by atoms with Gasteiger partial charge in [0, 0.05) is 11.1 Å². The predicted molar refractivity (Wildman–Crippen MR) is 115 cm³/mol. The Morgan fingerprint density at radius 2 is 1.52 bits per heavy atom. The van der Waals surface area contributed by atoms with Gasteiger partial charge in [0.05, 0.1) is 20.1 Å². The minimum atomic E-state index is -0.901. The summed E-state index contributed by atoms with van der Waals surface area (Å²) in [5.41, 5.74) is 1.74. The van der Waals surface area contributed by atoms with Crippen LogP contribution in [0.15, 0.2) is 48.5 Å². The molecule has 2 aromatic carbocycles. The number of quaternary nitrogens is 1. The summed E-state index contributed by atoms with van der Waals surface area (Å²) in [5, 5.41) is 0. The molecule has 0 N–H and O–H groups in total. The first-order valence-electron chi connectivity index (χ1n) is 10.0. The highest BCUT2D eigenvalue weighted by atomic mass is 127. The fourth-order valence-electron chi connectivity index (χ4n) is 3.61. The molecule has 3 rings (SSSR count). The summed E-state index contributed by atoms with van der Waals surface area (Å²) >= 11 is 1.60. The molecule has 0 unspecified atom stereocenters. The summed E-state index contributed by atoms with van der Waals surface area (Å²) in [6.07, 6.45) is 0. The Labute approximate surface area is 195 Å². The van der Waals surface area contributed by atoms with Gasteiger partial charge in [0.25, 0.3) is 0 Å². The number of ether oxygens (including phenoxy) is 2. The average molecular weight is 527 g/mol. The van der Waals surface area contributed by atoms with Crippen molar-refractivity contribution in [2.45, 2.75) is 25.5 Å². The third-order valence-electron chi connectivity index (χ3n) is 5.79. The van der Waals surface area contributed by atoms with E-state index < -0.39 is 4.75 Å². The lowest BCUT2D eigenvalue weighted by Gasteiger charge is -2.38. The summed E-state index contributed by atoms with van der Waals surface area (Å²) in [4.78, 5) is 13.6. The molecule has 0 fully saturated rings. The Morgan fingerprint density at radius 1 is 1.00 bits per heavy atom. The van der Waals surface area contributed by atoms with Crippen LogP contribution in [-0.4, -0.2) is 49.5 Å². The number of benzene rings is 2. The maximum Gasteiger partial charge on any atom is 0.331 e. The average Bonchev–Trinajstić information content (AvgIpc) is 2.73. The van der Waals surface area contributed by atoms with Crippen molar-refractivity contribution in [3.63, 3.8) is 0 Å². The Kier molecular flexibility index (Phi) is 8.43. The van der Waals surface area contributed by atoms with Gasteiger partial charge in [0.2, 0.25) is 0 Å². The molecule has 1 aliphatic rings. The van der Waals surface area contributed by atoms with E-state index in [1.165, 1.54) is 0 Å². The van der Waals surface area contributed by atoms with Crippen LogP contribution < -0.4 is 28.7 Å². The Bertz CT molecular complexity index is 793. The van der Waals surface area contributed by atoms with Crippen LogP contribution in [0.5, 0.6) is 11.5 Å². The van der Waals surface area contributed by atoms with E-state index in [9.17, 15) is 4.79 Å².